The van der Waals surface area contributed by atoms with Crippen molar-refractivity contribution in [3.63, 3.8) is 0 Å². The second kappa shape index (κ2) is 9.23. The first kappa shape index (κ1) is 21.7. The highest BCUT2D eigenvalue weighted by molar-refractivity contribution is 5.90. The Balaban J connectivity index is 1.84. The van der Waals surface area contributed by atoms with Gasteiger partial charge in [0.05, 0.1) is 31.2 Å². The first-order chi connectivity index (χ1) is 14.3. The molecule has 0 bridgehead atoms. The molecule has 3 rings (SSSR count). The molecule has 0 aliphatic rings. The molecule has 0 saturated heterocycles. The molecule has 0 radical (unpaired) electrons. The normalized spacial score (nSPS) is 11.6. The van der Waals surface area contributed by atoms with Gasteiger partial charge in [0.1, 0.15) is 5.75 Å². The lowest BCUT2D eigenvalue weighted by atomic mass is 10.1. The Morgan fingerprint density at radius 3 is 2.67 bits per heavy atom. The molecule has 0 aliphatic heterocycles. The molecule has 0 unspecified atom stereocenters. The van der Waals surface area contributed by atoms with Crippen LogP contribution in [0.4, 0.5) is 0 Å². The summed E-state index contributed by atoms with van der Waals surface area (Å²) in [6, 6.07) is 11.2. The van der Waals surface area contributed by atoms with Crippen molar-refractivity contribution in [1.82, 2.24) is 14.6 Å². The highest BCUT2D eigenvalue weighted by Gasteiger charge is 2.20. The molecule has 0 atom stereocenters. The second-order valence-corrected chi connectivity index (χ2v) is 7.25. The molecule has 0 saturated carbocycles. The van der Waals surface area contributed by atoms with Gasteiger partial charge in [-0.3, -0.25) is 0 Å². The van der Waals surface area contributed by atoms with E-state index in [0.717, 1.165) is 5.56 Å². The molecular formula is C22H27N3O5. The topological polar surface area (TPSA) is 95.2 Å². The summed E-state index contributed by atoms with van der Waals surface area (Å²) in [6.07, 6.45) is 0.624. The van der Waals surface area contributed by atoms with E-state index in [1.807, 2.05) is 36.4 Å². The van der Waals surface area contributed by atoms with Gasteiger partial charge in [-0.2, -0.15) is 5.10 Å². The Kier molecular flexibility index (Phi) is 6.69. The van der Waals surface area contributed by atoms with Crippen LogP contribution in [0.15, 0.2) is 36.4 Å². The van der Waals surface area contributed by atoms with Crippen molar-refractivity contribution < 1.29 is 24.1 Å². The fourth-order valence-electron chi connectivity index (χ4n) is 2.99. The minimum Gasteiger partial charge on any atom is -0.493 e. The van der Waals surface area contributed by atoms with Gasteiger partial charge in [-0.1, -0.05) is 12.1 Å². The summed E-state index contributed by atoms with van der Waals surface area (Å²) in [4.78, 5) is 16.7. The van der Waals surface area contributed by atoms with Gasteiger partial charge in [-0.15, -0.1) is 0 Å². The molecule has 2 aromatic heterocycles. The smallest absolute Gasteiger partial charge is 0.358 e. The third-order valence-corrected chi connectivity index (χ3v) is 4.29. The van der Waals surface area contributed by atoms with E-state index >= 15 is 0 Å². The number of aryl methyl sites for hydroxylation is 1. The number of carbonyl (C=O) groups is 1. The van der Waals surface area contributed by atoms with Gasteiger partial charge in [-0.25, -0.2) is 14.3 Å². The van der Waals surface area contributed by atoms with Crippen LogP contribution in [0.5, 0.6) is 5.75 Å². The predicted molar refractivity (Wildman–Crippen MR) is 111 cm³/mol. The van der Waals surface area contributed by atoms with Gasteiger partial charge in [0, 0.05) is 12.0 Å². The Hall–Kier alpha value is -2.97. The first-order valence-electron chi connectivity index (χ1n) is 9.92. The molecular weight excluding hydrogens is 386 g/mol. The van der Waals surface area contributed by atoms with E-state index in [2.05, 4.69) is 10.1 Å². The number of nitrogens with zero attached hydrogens (tertiary/aromatic N) is 3. The number of rotatable bonds is 9. The van der Waals surface area contributed by atoms with Gasteiger partial charge in [0.15, 0.2) is 17.1 Å². The maximum absolute atomic E-state index is 12.4. The summed E-state index contributed by atoms with van der Waals surface area (Å²) in [5.74, 6) is -0.942. The molecule has 0 aliphatic carbocycles. The molecule has 0 amide bonds. The lowest BCUT2D eigenvalue weighted by Crippen LogP contribution is -2.24. The average Bonchev–Trinajstić information content (AvgIpc) is 3.02. The molecule has 8 heteroatoms. The number of hydrogen-bond donors (Lipinski definition) is 1. The average molecular weight is 413 g/mol. The van der Waals surface area contributed by atoms with E-state index in [1.165, 1.54) is 4.52 Å². The number of hydrogen-bond acceptors (Lipinski definition) is 7. The highest BCUT2D eigenvalue weighted by atomic mass is 16.6. The molecule has 3 aromatic rings. The molecule has 160 valence electrons. The Morgan fingerprint density at radius 1 is 1.17 bits per heavy atom. The number of benzene rings is 1. The monoisotopic (exact) mass is 413 g/mol. The Morgan fingerprint density at radius 2 is 1.93 bits per heavy atom. The fraction of sp³-hybridized carbons (Fsp3) is 0.409. The van der Waals surface area contributed by atoms with E-state index in [1.54, 1.807) is 27.7 Å². The number of carbonyl (C=O) groups excluding carboxylic acids is 1. The fourth-order valence-corrected chi connectivity index (χ4v) is 2.99. The third-order valence-electron chi connectivity index (χ3n) is 4.29. The lowest BCUT2D eigenvalue weighted by Gasteiger charge is -2.18. The van der Waals surface area contributed by atoms with Crippen LogP contribution in [0.1, 0.15) is 43.4 Å². The number of aromatic nitrogens is 3. The standard InChI is InChI=1S/C22H27N3O5/c1-5-28-21(26)20-15(2)23-19-12-11-17(24-25(19)20)16-9-6-7-10-18(16)29-13-8-14-30-22(3,4)27/h6-7,9-12,27H,5,8,13-14H2,1-4H3. The zero-order valence-electron chi connectivity index (χ0n) is 17.7. The van der Waals surface area contributed by atoms with Crippen molar-refractivity contribution in [3.05, 3.63) is 47.8 Å². The van der Waals surface area contributed by atoms with Gasteiger partial charge in [-0.05, 0) is 52.0 Å². The molecule has 30 heavy (non-hydrogen) atoms. The van der Waals surface area contributed by atoms with Crippen molar-refractivity contribution in [2.75, 3.05) is 19.8 Å². The van der Waals surface area contributed by atoms with Crippen molar-refractivity contribution in [2.45, 2.75) is 39.9 Å². The van der Waals surface area contributed by atoms with Gasteiger partial charge < -0.3 is 19.3 Å². The van der Waals surface area contributed by atoms with E-state index in [0.29, 0.717) is 48.1 Å². The number of imidazole rings is 1. The van der Waals surface area contributed by atoms with Crippen LogP contribution in [0.25, 0.3) is 16.9 Å². The minimum atomic E-state index is -1.16. The summed E-state index contributed by atoms with van der Waals surface area (Å²) in [7, 11) is 0. The van der Waals surface area contributed by atoms with Crippen molar-refractivity contribution >= 4 is 11.6 Å². The largest absolute Gasteiger partial charge is 0.493 e. The molecule has 1 aromatic carbocycles. The zero-order valence-corrected chi connectivity index (χ0v) is 17.7. The quantitative estimate of drug-likeness (QED) is 0.326. The van der Waals surface area contributed by atoms with E-state index < -0.39 is 11.8 Å². The predicted octanol–water partition coefficient (Wildman–Crippen LogP) is 3.40. The number of aliphatic hydroxyl groups is 1. The Labute approximate surface area is 175 Å². The third kappa shape index (κ3) is 5.14. The van der Waals surface area contributed by atoms with Gasteiger partial charge in [0.25, 0.3) is 0 Å². The van der Waals surface area contributed by atoms with Crippen LogP contribution in [0, 0.1) is 6.92 Å². The zero-order chi connectivity index (χ0) is 21.7. The first-order valence-corrected chi connectivity index (χ1v) is 9.92. The molecule has 0 spiro atoms. The SMILES string of the molecule is CCOC(=O)c1c(C)nc2ccc(-c3ccccc3OCCCOC(C)(C)O)nn12. The molecule has 1 N–H and O–H groups in total. The number of para-hydroxylation sites is 1. The van der Waals surface area contributed by atoms with Crippen molar-refractivity contribution in [2.24, 2.45) is 0 Å². The summed E-state index contributed by atoms with van der Waals surface area (Å²) in [5.41, 5.74) is 2.89. The lowest BCUT2D eigenvalue weighted by molar-refractivity contribution is -0.176. The molecule has 8 nitrogen and oxygen atoms in total. The second-order valence-electron chi connectivity index (χ2n) is 7.25. The molecule has 2 heterocycles. The van der Waals surface area contributed by atoms with Gasteiger partial charge >= 0.3 is 5.97 Å². The van der Waals surface area contributed by atoms with Crippen LogP contribution < -0.4 is 4.74 Å². The summed E-state index contributed by atoms with van der Waals surface area (Å²) in [6.45, 7) is 7.78. The Bertz CT molecular complexity index is 1020. The summed E-state index contributed by atoms with van der Waals surface area (Å²) >= 11 is 0. The number of ether oxygens (including phenoxy) is 3. The van der Waals surface area contributed by atoms with Crippen LogP contribution in [0.2, 0.25) is 0 Å². The van der Waals surface area contributed by atoms with E-state index in [9.17, 15) is 9.90 Å². The van der Waals surface area contributed by atoms with Crippen LogP contribution in [0.3, 0.4) is 0 Å². The van der Waals surface area contributed by atoms with Crippen LogP contribution in [-0.4, -0.2) is 51.3 Å². The highest BCUT2D eigenvalue weighted by Crippen LogP contribution is 2.29. The van der Waals surface area contributed by atoms with E-state index in [4.69, 9.17) is 14.2 Å². The number of fused-ring (bicyclic) bond motifs is 1. The minimum absolute atomic E-state index is 0.277. The van der Waals surface area contributed by atoms with E-state index in [-0.39, 0.29) is 6.61 Å². The maximum atomic E-state index is 12.4. The molecule has 0 fully saturated rings. The maximum Gasteiger partial charge on any atom is 0.358 e. The van der Waals surface area contributed by atoms with Crippen LogP contribution >= 0.6 is 0 Å². The van der Waals surface area contributed by atoms with Gasteiger partial charge in [0.2, 0.25) is 0 Å². The summed E-state index contributed by atoms with van der Waals surface area (Å²) < 4.78 is 17.9. The summed E-state index contributed by atoms with van der Waals surface area (Å²) in [5, 5.41) is 14.2. The number of esters is 1. The van der Waals surface area contributed by atoms with Crippen molar-refractivity contribution in [1.29, 1.82) is 0 Å². The van der Waals surface area contributed by atoms with Crippen LogP contribution in [-0.2, 0) is 9.47 Å². The van der Waals surface area contributed by atoms with Crippen molar-refractivity contribution in [3.8, 4) is 17.0 Å².